The molecule has 1 heterocycles. The minimum absolute atomic E-state index is 0.0197. The third kappa shape index (κ3) is 2.74. The van der Waals surface area contributed by atoms with Crippen molar-refractivity contribution in [2.75, 3.05) is 5.32 Å². The number of carboxylic acids is 1. The number of amides is 1. The van der Waals surface area contributed by atoms with Crippen LogP contribution in [-0.2, 0) is 0 Å². The molecule has 0 saturated carbocycles. The zero-order chi connectivity index (χ0) is 14.7. The minimum atomic E-state index is -1.14. The number of aromatic nitrogens is 1. The number of rotatable bonds is 3. The lowest BCUT2D eigenvalue weighted by molar-refractivity contribution is 0.0698. The highest BCUT2D eigenvalue weighted by atomic mass is 16.4. The summed E-state index contributed by atoms with van der Waals surface area (Å²) < 4.78 is 0. The third-order valence-electron chi connectivity index (χ3n) is 2.66. The van der Waals surface area contributed by atoms with Crippen molar-refractivity contribution in [3.8, 4) is 5.75 Å². The minimum Gasteiger partial charge on any atom is -0.505 e. The molecule has 1 aromatic heterocycles. The van der Waals surface area contributed by atoms with E-state index in [0.29, 0.717) is 0 Å². The summed E-state index contributed by atoms with van der Waals surface area (Å²) in [4.78, 5) is 26.9. The predicted molar refractivity (Wildman–Crippen MR) is 72.0 cm³/mol. The monoisotopic (exact) mass is 272 g/mol. The molecule has 0 radical (unpaired) electrons. The Bertz CT molecular complexity index is 683. The number of carboxylic acid groups (broad SMARTS) is 1. The normalized spacial score (nSPS) is 10.1. The Balaban J connectivity index is 2.33. The van der Waals surface area contributed by atoms with Crippen LogP contribution >= 0.6 is 0 Å². The number of carbonyl (C=O) groups excluding carboxylic acids is 1. The Kier molecular flexibility index (Phi) is 3.65. The second-order valence-corrected chi connectivity index (χ2v) is 4.18. The highest BCUT2D eigenvalue weighted by molar-refractivity contribution is 6.08. The lowest BCUT2D eigenvalue weighted by Crippen LogP contribution is -2.16. The van der Waals surface area contributed by atoms with E-state index in [4.69, 9.17) is 5.11 Å². The molecule has 0 unspecified atom stereocenters. The summed E-state index contributed by atoms with van der Waals surface area (Å²) in [6.45, 7) is 1.75. The molecule has 0 aliphatic rings. The Hall–Kier alpha value is -2.89. The number of nitrogens with one attached hydrogen (secondary N) is 1. The quantitative estimate of drug-likeness (QED) is 0.794. The maximum absolute atomic E-state index is 12.0. The van der Waals surface area contributed by atoms with Crippen molar-refractivity contribution in [3.63, 3.8) is 0 Å². The van der Waals surface area contributed by atoms with Crippen LogP contribution in [0.2, 0.25) is 0 Å². The van der Waals surface area contributed by atoms with Gasteiger partial charge in [-0.05, 0) is 31.2 Å². The van der Waals surface area contributed by atoms with E-state index in [9.17, 15) is 14.7 Å². The van der Waals surface area contributed by atoms with Crippen LogP contribution in [0.3, 0.4) is 0 Å². The van der Waals surface area contributed by atoms with Crippen molar-refractivity contribution in [1.29, 1.82) is 0 Å². The molecular weight excluding hydrogens is 260 g/mol. The van der Waals surface area contributed by atoms with E-state index >= 15 is 0 Å². The molecule has 0 aliphatic heterocycles. The van der Waals surface area contributed by atoms with Crippen molar-refractivity contribution in [1.82, 2.24) is 4.98 Å². The summed E-state index contributed by atoms with van der Waals surface area (Å²) in [5, 5.41) is 21.1. The summed E-state index contributed by atoms with van der Waals surface area (Å²) >= 11 is 0. The van der Waals surface area contributed by atoms with E-state index in [1.165, 1.54) is 30.5 Å². The molecule has 3 N–H and O–H groups in total. The van der Waals surface area contributed by atoms with Gasteiger partial charge in [0, 0.05) is 6.20 Å². The average Bonchev–Trinajstić information content (AvgIpc) is 2.41. The summed E-state index contributed by atoms with van der Waals surface area (Å²) in [5.41, 5.74) is 0.734. The van der Waals surface area contributed by atoms with E-state index in [-0.39, 0.29) is 22.7 Å². The van der Waals surface area contributed by atoms with E-state index in [2.05, 4.69) is 10.3 Å². The van der Waals surface area contributed by atoms with Crippen molar-refractivity contribution >= 4 is 17.6 Å². The second kappa shape index (κ2) is 5.40. The number of aryl methyl sites for hydroxylation is 1. The largest absolute Gasteiger partial charge is 0.505 e. The van der Waals surface area contributed by atoms with Gasteiger partial charge in [0.25, 0.3) is 5.91 Å². The van der Waals surface area contributed by atoms with Crippen LogP contribution in [0.15, 0.2) is 36.5 Å². The molecule has 0 fully saturated rings. The van der Waals surface area contributed by atoms with Gasteiger partial charge in [-0.25, -0.2) is 9.78 Å². The van der Waals surface area contributed by atoms with Crippen molar-refractivity contribution in [3.05, 3.63) is 53.3 Å². The number of hydrogen-bond donors (Lipinski definition) is 3. The number of hydrogen-bond acceptors (Lipinski definition) is 4. The molecule has 2 aromatic rings. The van der Waals surface area contributed by atoms with Crippen LogP contribution < -0.4 is 5.32 Å². The van der Waals surface area contributed by atoms with Gasteiger partial charge in [0.05, 0.1) is 11.3 Å². The van der Waals surface area contributed by atoms with Gasteiger partial charge in [-0.3, -0.25) is 4.79 Å². The molecule has 6 nitrogen and oxygen atoms in total. The van der Waals surface area contributed by atoms with Gasteiger partial charge in [0.15, 0.2) is 5.69 Å². The van der Waals surface area contributed by atoms with Crippen LogP contribution in [0.1, 0.15) is 26.4 Å². The maximum Gasteiger partial charge on any atom is 0.337 e. The first-order valence-electron chi connectivity index (χ1n) is 5.78. The number of pyridine rings is 1. The number of anilines is 1. The van der Waals surface area contributed by atoms with E-state index in [1.807, 2.05) is 0 Å². The molecule has 1 aromatic carbocycles. The topological polar surface area (TPSA) is 99.5 Å². The molecule has 102 valence electrons. The number of aromatic hydroxyl groups is 1. The van der Waals surface area contributed by atoms with Crippen LogP contribution in [0.4, 0.5) is 5.69 Å². The van der Waals surface area contributed by atoms with Crippen molar-refractivity contribution < 1.29 is 19.8 Å². The molecule has 20 heavy (non-hydrogen) atoms. The van der Waals surface area contributed by atoms with Gasteiger partial charge in [-0.2, -0.15) is 0 Å². The molecule has 0 atom stereocenters. The van der Waals surface area contributed by atoms with Gasteiger partial charge in [0.1, 0.15) is 5.75 Å². The fraction of sp³-hybridized carbons (Fsp3) is 0.0714. The summed E-state index contributed by atoms with van der Waals surface area (Å²) in [5.74, 6) is -2.09. The molecule has 0 bridgehead atoms. The van der Waals surface area contributed by atoms with E-state index in [1.54, 1.807) is 13.0 Å². The third-order valence-corrected chi connectivity index (χ3v) is 2.66. The molecule has 1 amide bonds. The summed E-state index contributed by atoms with van der Waals surface area (Å²) in [6, 6.07) is 7.45. The van der Waals surface area contributed by atoms with E-state index < -0.39 is 11.9 Å². The lowest BCUT2D eigenvalue weighted by Gasteiger charge is -2.09. The average molecular weight is 272 g/mol. The van der Waals surface area contributed by atoms with E-state index in [0.717, 1.165) is 5.56 Å². The zero-order valence-electron chi connectivity index (χ0n) is 10.6. The SMILES string of the molecule is Cc1ccc(NC(=O)c2ncccc2O)c(C(=O)O)c1. The molecule has 0 spiro atoms. The fourth-order valence-electron chi connectivity index (χ4n) is 1.70. The highest BCUT2D eigenvalue weighted by Crippen LogP contribution is 2.20. The van der Waals surface area contributed by atoms with Crippen LogP contribution in [0.25, 0.3) is 0 Å². The fourth-order valence-corrected chi connectivity index (χ4v) is 1.70. The summed E-state index contributed by atoms with van der Waals surface area (Å²) in [7, 11) is 0. The standard InChI is InChI=1S/C14H12N2O4/c1-8-4-5-10(9(7-8)14(19)20)16-13(18)12-11(17)3-2-6-15-12/h2-7,17H,1H3,(H,16,18)(H,19,20). The number of benzene rings is 1. The first-order valence-corrected chi connectivity index (χ1v) is 5.78. The molecule has 0 saturated heterocycles. The van der Waals surface area contributed by atoms with Crippen LogP contribution in [0, 0.1) is 6.92 Å². The molecule has 6 heteroatoms. The van der Waals surface area contributed by atoms with Crippen molar-refractivity contribution in [2.45, 2.75) is 6.92 Å². The Labute approximate surface area is 114 Å². The Morgan fingerprint density at radius 2 is 2.00 bits per heavy atom. The van der Waals surface area contributed by atoms with Gasteiger partial charge >= 0.3 is 5.97 Å². The van der Waals surface area contributed by atoms with Crippen molar-refractivity contribution in [2.24, 2.45) is 0 Å². The maximum atomic E-state index is 12.0. The zero-order valence-corrected chi connectivity index (χ0v) is 10.6. The smallest absolute Gasteiger partial charge is 0.337 e. The van der Waals surface area contributed by atoms with Gasteiger partial charge in [-0.1, -0.05) is 11.6 Å². The summed E-state index contributed by atoms with van der Waals surface area (Å²) in [6.07, 6.45) is 1.36. The van der Waals surface area contributed by atoms with Gasteiger partial charge < -0.3 is 15.5 Å². The predicted octanol–water partition coefficient (Wildman–Crippen LogP) is 2.05. The molecule has 2 rings (SSSR count). The Morgan fingerprint density at radius 1 is 1.25 bits per heavy atom. The molecule has 0 aliphatic carbocycles. The highest BCUT2D eigenvalue weighted by Gasteiger charge is 2.16. The molecular formula is C14H12N2O4. The number of aromatic carboxylic acids is 1. The first kappa shape index (κ1) is 13.5. The van der Waals surface area contributed by atoms with Gasteiger partial charge in [0.2, 0.25) is 0 Å². The number of carbonyl (C=O) groups is 2. The lowest BCUT2D eigenvalue weighted by atomic mass is 10.1. The van der Waals surface area contributed by atoms with Gasteiger partial charge in [-0.15, -0.1) is 0 Å². The van der Waals surface area contributed by atoms with Crippen LogP contribution in [0.5, 0.6) is 5.75 Å². The number of nitrogens with zero attached hydrogens (tertiary/aromatic N) is 1. The van der Waals surface area contributed by atoms with Crippen LogP contribution in [-0.4, -0.2) is 27.1 Å². The Morgan fingerprint density at radius 3 is 2.65 bits per heavy atom. The first-order chi connectivity index (χ1) is 9.49. The second-order valence-electron chi connectivity index (χ2n) is 4.18.